The summed E-state index contributed by atoms with van der Waals surface area (Å²) in [4.78, 5) is 0. The van der Waals surface area contributed by atoms with Crippen molar-refractivity contribution in [1.29, 1.82) is 0 Å². The van der Waals surface area contributed by atoms with Crippen LogP contribution in [-0.2, 0) is 4.74 Å². The highest BCUT2D eigenvalue weighted by atomic mass is 19.4. The Bertz CT molecular complexity index is 1060. The van der Waals surface area contributed by atoms with Crippen LogP contribution >= 0.6 is 0 Å². The molecule has 4 rings (SSSR count). The van der Waals surface area contributed by atoms with Crippen molar-refractivity contribution in [3.8, 4) is 11.8 Å². The summed E-state index contributed by atoms with van der Waals surface area (Å²) in [6, 6.07) is 5.92. The van der Waals surface area contributed by atoms with Crippen LogP contribution in [0.4, 0.5) is 22.0 Å². The summed E-state index contributed by atoms with van der Waals surface area (Å²) >= 11 is 0. The lowest BCUT2D eigenvalue weighted by Gasteiger charge is -2.38. The molecule has 1 nitrogen and oxygen atoms in total. The van der Waals surface area contributed by atoms with Gasteiger partial charge in [0.25, 0.3) is 0 Å². The molecular weight excluding hydrogens is 459 g/mol. The average Bonchev–Trinajstić information content (AvgIpc) is 2.83. The molecule has 0 spiro atoms. The summed E-state index contributed by atoms with van der Waals surface area (Å²) in [5.74, 6) is 2.53. The third-order valence-corrected chi connectivity index (χ3v) is 7.84. The van der Waals surface area contributed by atoms with Crippen molar-refractivity contribution in [3.05, 3.63) is 47.0 Å². The van der Waals surface area contributed by atoms with Gasteiger partial charge in [-0.05, 0) is 66.5 Å². The topological polar surface area (TPSA) is 9.23 Å². The summed E-state index contributed by atoms with van der Waals surface area (Å²) in [5.41, 5.74) is -0.0251. The van der Waals surface area contributed by atoms with E-state index in [-0.39, 0.29) is 11.5 Å². The van der Waals surface area contributed by atoms with Gasteiger partial charge in [-0.1, -0.05) is 63.5 Å². The minimum atomic E-state index is -4.82. The molecule has 2 atom stereocenters. The van der Waals surface area contributed by atoms with E-state index in [9.17, 15) is 22.0 Å². The van der Waals surface area contributed by atoms with E-state index in [1.807, 2.05) is 0 Å². The van der Waals surface area contributed by atoms with Gasteiger partial charge in [0.15, 0.2) is 0 Å². The number of ether oxygens (including phenoxy) is 1. The molecule has 2 unspecified atom stereocenters. The van der Waals surface area contributed by atoms with Gasteiger partial charge in [0.05, 0.1) is 18.3 Å². The first-order valence-corrected chi connectivity index (χ1v) is 12.9. The van der Waals surface area contributed by atoms with Crippen LogP contribution in [-0.4, -0.2) is 12.8 Å². The SMILES string of the molecule is CCCCCC1CCC(C2CCC(c3ccc4c(F)c(C#CC(F)(F)F)c(F)cc4c3)OC2)CC1. The number of unbranched alkanes of at least 4 members (excludes halogenated alkanes) is 2. The zero-order valence-corrected chi connectivity index (χ0v) is 20.2. The van der Waals surface area contributed by atoms with Crippen molar-refractivity contribution < 1.29 is 26.7 Å². The highest BCUT2D eigenvalue weighted by molar-refractivity contribution is 5.85. The summed E-state index contributed by atoms with van der Waals surface area (Å²) < 4.78 is 72.4. The molecule has 2 fully saturated rings. The van der Waals surface area contributed by atoms with Gasteiger partial charge in [-0.25, -0.2) is 8.78 Å². The molecule has 1 aliphatic carbocycles. The molecule has 2 aromatic carbocycles. The predicted molar refractivity (Wildman–Crippen MR) is 128 cm³/mol. The quantitative estimate of drug-likeness (QED) is 0.222. The molecule has 2 aliphatic rings. The van der Waals surface area contributed by atoms with Crippen LogP contribution in [0.2, 0.25) is 0 Å². The molecule has 35 heavy (non-hydrogen) atoms. The molecule has 0 bridgehead atoms. The van der Waals surface area contributed by atoms with E-state index in [1.54, 1.807) is 18.1 Å². The maximum absolute atomic E-state index is 14.7. The Hall–Kier alpha value is -2.13. The van der Waals surface area contributed by atoms with Gasteiger partial charge in [0.1, 0.15) is 11.6 Å². The maximum Gasteiger partial charge on any atom is 0.458 e. The molecule has 190 valence electrons. The van der Waals surface area contributed by atoms with Gasteiger partial charge < -0.3 is 4.74 Å². The summed E-state index contributed by atoms with van der Waals surface area (Å²) in [7, 11) is 0. The van der Waals surface area contributed by atoms with Crippen molar-refractivity contribution in [2.45, 2.75) is 83.4 Å². The molecule has 0 aromatic heterocycles. The number of halogens is 5. The Labute approximate surface area is 204 Å². The zero-order chi connectivity index (χ0) is 25.0. The first-order valence-electron chi connectivity index (χ1n) is 12.9. The molecule has 1 saturated heterocycles. The van der Waals surface area contributed by atoms with Crippen LogP contribution in [0.1, 0.15) is 88.4 Å². The number of fused-ring (bicyclic) bond motifs is 1. The van der Waals surface area contributed by atoms with E-state index in [1.165, 1.54) is 57.4 Å². The van der Waals surface area contributed by atoms with Crippen LogP contribution in [0, 0.1) is 41.2 Å². The number of alkyl halides is 3. The first-order chi connectivity index (χ1) is 16.7. The maximum atomic E-state index is 14.7. The van der Waals surface area contributed by atoms with Gasteiger partial charge in [0.2, 0.25) is 0 Å². The van der Waals surface area contributed by atoms with E-state index in [0.29, 0.717) is 17.9 Å². The lowest BCUT2D eigenvalue weighted by molar-refractivity contribution is -0.0696. The average molecular weight is 493 g/mol. The number of hydrogen-bond donors (Lipinski definition) is 0. The van der Waals surface area contributed by atoms with Crippen molar-refractivity contribution >= 4 is 10.8 Å². The van der Waals surface area contributed by atoms with Gasteiger partial charge in [-0.3, -0.25) is 0 Å². The Morgan fingerprint density at radius 2 is 1.69 bits per heavy atom. The molecule has 1 aliphatic heterocycles. The van der Waals surface area contributed by atoms with Crippen LogP contribution in [0.5, 0.6) is 0 Å². The fourth-order valence-electron chi connectivity index (χ4n) is 5.83. The lowest BCUT2D eigenvalue weighted by atomic mass is 9.72. The van der Waals surface area contributed by atoms with Crippen molar-refractivity contribution in [2.24, 2.45) is 17.8 Å². The molecule has 2 aromatic rings. The lowest BCUT2D eigenvalue weighted by Crippen LogP contribution is -2.29. The van der Waals surface area contributed by atoms with Gasteiger partial charge in [-0.15, -0.1) is 0 Å². The summed E-state index contributed by atoms with van der Waals surface area (Å²) in [6.45, 7) is 2.94. The van der Waals surface area contributed by atoms with E-state index in [0.717, 1.165) is 42.2 Å². The van der Waals surface area contributed by atoms with E-state index in [2.05, 4.69) is 6.92 Å². The summed E-state index contributed by atoms with van der Waals surface area (Å²) in [5, 5.41) is 0.341. The van der Waals surface area contributed by atoms with Gasteiger partial charge in [0, 0.05) is 11.3 Å². The fraction of sp³-hybridized carbons (Fsp3) is 0.586. The summed E-state index contributed by atoms with van der Waals surface area (Å²) in [6.07, 6.45) is 7.50. The second-order valence-electron chi connectivity index (χ2n) is 10.2. The predicted octanol–water partition coefficient (Wildman–Crippen LogP) is 8.89. The first kappa shape index (κ1) is 25.9. The fourth-order valence-corrected chi connectivity index (χ4v) is 5.83. The van der Waals surface area contributed by atoms with Crippen LogP contribution in [0.3, 0.4) is 0 Å². The molecule has 0 radical (unpaired) electrons. The number of benzene rings is 2. The number of rotatable bonds is 6. The van der Waals surface area contributed by atoms with Crippen LogP contribution in [0.25, 0.3) is 10.8 Å². The van der Waals surface area contributed by atoms with Crippen molar-refractivity contribution in [1.82, 2.24) is 0 Å². The van der Waals surface area contributed by atoms with E-state index < -0.39 is 23.4 Å². The third-order valence-electron chi connectivity index (χ3n) is 7.84. The molecule has 6 heteroatoms. The normalized spacial score (nSPS) is 25.3. The van der Waals surface area contributed by atoms with Crippen LogP contribution < -0.4 is 0 Å². The minimum Gasteiger partial charge on any atom is -0.373 e. The number of hydrogen-bond acceptors (Lipinski definition) is 1. The highest BCUT2D eigenvalue weighted by Gasteiger charge is 2.32. The smallest absolute Gasteiger partial charge is 0.373 e. The van der Waals surface area contributed by atoms with E-state index >= 15 is 0 Å². The minimum absolute atomic E-state index is 0.0472. The zero-order valence-electron chi connectivity index (χ0n) is 20.2. The molecule has 1 saturated carbocycles. The molecule has 0 amide bonds. The van der Waals surface area contributed by atoms with Crippen molar-refractivity contribution in [2.75, 3.05) is 6.61 Å². The second-order valence-corrected chi connectivity index (χ2v) is 10.2. The largest absolute Gasteiger partial charge is 0.458 e. The molecule has 1 heterocycles. The van der Waals surface area contributed by atoms with Gasteiger partial charge >= 0.3 is 6.18 Å². The van der Waals surface area contributed by atoms with E-state index in [4.69, 9.17) is 4.74 Å². The Morgan fingerprint density at radius 1 is 0.943 bits per heavy atom. The monoisotopic (exact) mass is 492 g/mol. The van der Waals surface area contributed by atoms with Crippen LogP contribution in [0.15, 0.2) is 24.3 Å². The Balaban J connectivity index is 1.37. The standard InChI is InChI=1S/C29H33F5O/c1-2-3-4-5-19-6-8-20(9-7-19)22-11-13-27(35-18-22)21-10-12-24-23(16-21)17-26(30)25(28(24)31)14-15-29(32,33)34/h10,12,16-17,19-20,22,27H,2-9,11,13,18H2,1H3. The van der Waals surface area contributed by atoms with Crippen molar-refractivity contribution in [3.63, 3.8) is 0 Å². The molecular formula is C29H33F5O. The Kier molecular flexibility index (Phi) is 8.37. The third kappa shape index (κ3) is 6.55. The highest BCUT2D eigenvalue weighted by Crippen LogP contribution is 2.42. The second kappa shape index (κ2) is 11.3. The van der Waals surface area contributed by atoms with Gasteiger partial charge in [-0.2, -0.15) is 13.2 Å². The Morgan fingerprint density at radius 3 is 2.34 bits per heavy atom. The molecule has 0 N–H and O–H groups in total.